The lowest BCUT2D eigenvalue weighted by atomic mass is 9.89. The van der Waals surface area contributed by atoms with Crippen LogP contribution in [0.15, 0.2) is 12.1 Å². The molecule has 18 heavy (non-hydrogen) atoms. The lowest BCUT2D eigenvalue weighted by molar-refractivity contribution is -0.114. The van der Waals surface area contributed by atoms with Crippen LogP contribution in [-0.2, 0) is 9.53 Å². The molecule has 0 bridgehead atoms. The molecule has 2 amide bonds. The van der Waals surface area contributed by atoms with Crippen molar-refractivity contribution in [2.24, 2.45) is 5.41 Å². The first-order valence-electron chi connectivity index (χ1n) is 5.72. The van der Waals surface area contributed by atoms with Gasteiger partial charge in [-0.05, 0) is 12.1 Å². The minimum Gasteiger partial charge on any atom is -0.380 e. The van der Waals surface area contributed by atoms with Gasteiger partial charge in [0.25, 0.3) is 5.91 Å². The van der Waals surface area contributed by atoms with E-state index in [1.54, 1.807) is 12.1 Å². The lowest BCUT2D eigenvalue weighted by Gasteiger charge is -2.37. The number of hydrogen-bond donors (Lipinski definition) is 2. The fourth-order valence-corrected chi connectivity index (χ4v) is 2.50. The molecule has 5 nitrogen and oxygen atoms in total. The zero-order chi connectivity index (χ0) is 13.2. The Balaban J connectivity index is 1.88. The number of hydrogen-bond acceptors (Lipinski definition) is 4. The maximum atomic E-state index is 11.9. The van der Waals surface area contributed by atoms with E-state index >= 15 is 0 Å². The quantitative estimate of drug-likeness (QED) is 0.869. The first-order valence-corrected chi connectivity index (χ1v) is 6.54. The second-order valence-corrected chi connectivity index (χ2v) is 5.91. The number of amides is 2. The van der Waals surface area contributed by atoms with Crippen LogP contribution in [0, 0.1) is 5.41 Å². The van der Waals surface area contributed by atoms with Gasteiger partial charge < -0.3 is 15.4 Å². The Bertz CT molecular complexity index is 466. The number of anilines is 1. The molecule has 0 saturated carbocycles. The second-order valence-electron chi connectivity index (χ2n) is 4.83. The van der Waals surface area contributed by atoms with E-state index in [-0.39, 0.29) is 17.2 Å². The summed E-state index contributed by atoms with van der Waals surface area (Å²) in [5.41, 5.74) is 0.0629. The van der Waals surface area contributed by atoms with E-state index in [1.807, 2.05) is 0 Å². The molecule has 1 aromatic rings. The summed E-state index contributed by atoms with van der Waals surface area (Å²) in [5, 5.41) is 6.23. The molecule has 2 N–H and O–H groups in total. The summed E-state index contributed by atoms with van der Waals surface area (Å²) in [5.74, 6) is -0.243. The zero-order valence-corrected chi connectivity index (χ0v) is 11.2. The summed E-state index contributed by atoms with van der Waals surface area (Å²) in [7, 11) is 0. The SMILES string of the molecule is CC(=O)Nc1ccc(C(=O)NCC2(C)COC2)s1. The van der Waals surface area contributed by atoms with Crippen molar-refractivity contribution in [2.45, 2.75) is 13.8 Å². The van der Waals surface area contributed by atoms with E-state index in [1.165, 1.54) is 18.3 Å². The van der Waals surface area contributed by atoms with Crippen molar-refractivity contribution in [1.29, 1.82) is 0 Å². The van der Waals surface area contributed by atoms with Gasteiger partial charge in [-0.3, -0.25) is 9.59 Å². The zero-order valence-electron chi connectivity index (χ0n) is 10.4. The van der Waals surface area contributed by atoms with Gasteiger partial charge in [0.05, 0.1) is 23.1 Å². The fraction of sp³-hybridized carbons (Fsp3) is 0.500. The fourth-order valence-electron chi connectivity index (χ4n) is 1.63. The Labute approximate surface area is 110 Å². The molecule has 0 unspecified atom stereocenters. The van der Waals surface area contributed by atoms with Gasteiger partial charge >= 0.3 is 0 Å². The third-order valence-electron chi connectivity index (χ3n) is 2.71. The summed E-state index contributed by atoms with van der Waals surface area (Å²) < 4.78 is 5.13. The highest BCUT2D eigenvalue weighted by Crippen LogP contribution is 2.26. The van der Waals surface area contributed by atoms with Gasteiger partial charge in [0.15, 0.2) is 0 Å². The summed E-state index contributed by atoms with van der Waals surface area (Å²) in [4.78, 5) is 23.4. The van der Waals surface area contributed by atoms with E-state index in [0.717, 1.165) is 0 Å². The highest BCUT2D eigenvalue weighted by molar-refractivity contribution is 7.18. The number of rotatable bonds is 4. The molecule has 1 fully saturated rings. The molecule has 1 aliphatic rings. The van der Waals surface area contributed by atoms with Gasteiger partial charge in [0.1, 0.15) is 0 Å². The number of nitrogens with one attached hydrogen (secondary N) is 2. The molecule has 0 radical (unpaired) electrons. The van der Waals surface area contributed by atoms with Crippen LogP contribution in [0.5, 0.6) is 0 Å². The van der Waals surface area contributed by atoms with Gasteiger partial charge in [-0.2, -0.15) is 0 Å². The van der Waals surface area contributed by atoms with Crippen LogP contribution in [0.4, 0.5) is 5.00 Å². The molecule has 0 spiro atoms. The Kier molecular flexibility index (Phi) is 3.68. The van der Waals surface area contributed by atoms with Crippen molar-refractivity contribution >= 4 is 28.2 Å². The molecular formula is C12H16N2O3S. The predicted octanol–water partition coefficient (Wildman–Crippen LogP) is 1.47. The minimum absolute atomic E-state index is 0.0629. The maximum absolute atomic E-state index is 11.9. The molecule has 1 aromatic heterocycles. The predicted molar refractivity (Wildman–Crippen MR) is 69.9 cm³/mol. The van der Waals surface area contributed by atoms with Crippen LogP contribution in [0.25, 0.3) is 0 Å². The highest BCUT2D eigenvalue weighted by atomic mass is 32.1. The van der Waals surface area contributed by atoms with Crippen molar-refractivity contribution < 1.29 is 14.3 Å². The highest BCUT2D eigenvalue weighted by Gasteiger charge is 2.33. The van der Waals surface area contributed by atoms with Crippen LogP contribution in [0.3, 0.4) is 0 Å². The smallest absolute Gasteiger partial charge is 0.261 e. The molecule has 6 heteroatoms. The second kappa shape index (κ2) is 5.07. The molecule has 98 valence electrons. The molecule has 0 aliphatic carbocycles. The molecular weight excluding hydrogens is 252 g/mol. The van der Waals surface area contributed by atoms with Gasteiger partial charge in [-0.15, -0.1) is 11.3 Å². The Hall–Kier alpha value is -1.40. The summed E-state index contributed by atoms with van der Waals surface area (Å²) in [6.45, 7) is 5.51. The van der Waals surface area contributed by atoms with Crippen LogP contribution in [0.1, 0.15) is 23.5 Å². The maximum Gasteiger partial charge on any atom is 0.261 e. The van der Waals surface area contributed by atoms with Crippen molar-refractivity contribution in [1.82, 2.24) is 5.32 Å². The van der Waals surface area contributed by atoms with Gasteiger partial charge in [-0.1, -0.05) is 6.92 Å². The van der Waals surface area contributed by atoms with Crippen molar-refractivity contribution in [2.75, 3.05) is 25.1 Å². The molecule has 0 aromatic carbocycles. The van der Waals surface area contributed by atoms with E-state index < -0.39 is 0 Å². The third-order valence-corrected chi connectivity index (χ3v) is 3.71. The number of carbonyl (C=O) groups excluding carboxylic acids is 2. The van der Waals surface area contributed by atoms with Crippen LogP contribution < -0.4 is 10.6 Å². The summed E-state index contributed by atoms with van der Waals surface area (Å²) in [6, 6.07) is 3.44. The summed E-state index contributed by atoms with van der Waals surface area (Å²) >= 11 is 1.27. The Morgan fingerprint density at radius 3 is 2.72 bits per heavy atom. The Morgan fingerprint density at radius 1 is 1.44 bits per heavy atom. The Morgan fingerprint density at radius 2 is 2.17 bits per heavy atom. The number of thiophene rings is 1. The van der Waals surface area contributed by atoms with Crippen LogP contribution >= 0.6 is 11.3 Å². The van der Waals surface area contributed by atoms with Gasteiger partial charge in [0, 0.05) is 18.9 Å². The minimum atomic E-state index is -0.136. The van der Waals surface area contributed by atoms with E-state index in [2.05, 4.69) is 17.6 Å². The first kappa shape index (κ1) is 13.0. The van der Waals surface area contributed by atoms with Crippen molar-refractivity contribution in [3.63, 3.8) is 0 Å². The number of carbonyl (C=O) groups is 2. The monoisotopic (exact) mass is 268 g/mol. The molecule has 1 aliphatic heterocycles. The number of ether oxygens (including phenoxy) is 1. The molecule has 1 saturated heterocycles. The molecule has 2 rings (SSSR count). The molecule has 0 atom stereocenters. The summed E-state index contributed by atoms with van der Waals surface area (Å²) in [6.07, 6.45) is 0. The standard InChI is InChI=1S/C12H16N2O3S/c1-8(15)14-10-4-3-9(18-10)11(16)13-5-12(2)6-17-7-12/h3-4H,5-7H2,1-2H3,(H,13,16)(H,14,15). The van der Waals surface area contributed by atoms with Crippen molar-refractivity contribution in [3.05, 3.63) is 17.0 Å². The van der Waals surface area contributed by atoms with E-state index in [4.69, 9.17) is 4.74 Å². The topological polar surface area (TPSA) is 67.4 Å². The van der Waals surface area contributed by atoms with E-state index in [9.17, 15) is 9.59 Å². The van der Waals surface area contributed by atoms with Crippen LogP contribution in [-0.4, -0.2) is 31.6 Å². The third kappa shape index (κ3) is 3.08. The molecule has 2 heterocycles. The van der Waals surface area contributed by atoms with Crippen molar-refractivity contribution in [3.8, 4) is 0 Å². The average molecular weight is 268 g/mol. The van der Waals surface area contributed by atoms with E-state index in [0.29, 0.717) is 29.6 Å². The lowest BCUT2D eigenvalue weighted by Crippen LogP contribution is -2.48. The van der Waals surface area contributed by atoms with Gasteiger partial charge in [-0.25, -0.2) is 0 Å². The largest absolute Gasteiger partial charge is 0.380 e. The average Bonchev–Trinajstić information content (AvgIpc) is 2.70. The van der Waals surface area contributed by atoms with Gasteiger partial charge in [0.2, 0.25) is 5.91 Å². The first-order chi connectivity index (χ1) is 8.48. The normalized spacial score (nSPS) is 16.8. The van der Waals surface area contributed by atoms with Crippen LogP contribution in [0.2, 0.25) is 0 Å².